The first-order valence-electron chi connectivity index (χ1n) is 7.01. The summed E-state index contributed by atoms with van der Waals surface area (Å²) < 4.78 is 5.29. The van der Waals surface area contributed by atoms with Gasteiger partial charge in [0.15, 0.2) is 0 Å². The van der Waals surface area contributed by atoms with E-state index in [0.717, 1.165) is 32.1 Å². The minimum Gasteiger partial charge on any atom is -0.481 e. The SMILES string of the molecule is O=C(O)C12CC3CC(C1)CC(C(=O)OCCS)(C3)C2. The number of carbonyl (C=O) groups is 2. The molecular weight excluding hydrogens is 264 g/mol. The van der Waals surface area contributed by atoms with Crippen LogP contribution in [-0.2, 0) is 14.3 Å². The summed E-state index contributed by atoms with van der Waals surface area (Å²) in [5.41, 5.74) is -1.19. The Bertz CT molecular complexity index is 406. The summed E-state index contributed by atoms with van der Waals surface area (Å²) in [4.78, 5) is 24.0. The minimum absolute atomic E-state index is 0.179. The molecule has 4 aliphatic carbocycles. The minimum atomic E-state index is -0.715. The number of carboxylic acids is 1. The molecular formula is C14H20O4S. The Kier molecular flexibility index (Phi) is 3.08. The zero-order valence-electron chi connectivity index (χ0n) is 10.9. The van der Waals surface area contributed by atoms with Crippen molar-refractivity contribution < 1.29 is 19.4 Å². The lowest BCUT2D eigenvalue weighted by molar-refractivity contribution is -0.190. The molecule has 4 aliphatic rings. The van der Waals surface area contributed by atoms with Gasteiger partial charge < -0.3 is 9.84 Å². The van der Waals surface area contributed by atoms with Crippen molar-refractivity contribution in [2.24, 2.45) is 22.7 Å². The first-order chi connectivity index (χ1) is 9.00. The summed E-state index contributed by atoms with van der Waals surface area (Å²) in [5, 5.41) is 9.59. The summed E-state index contributed by atoms with van der Waals surface area (Å²) in [6, 6.07) is 0. The number of rotatable bonds is 4. The molecule has 4 fully saturated rings. The normalized spacial score (nSPS) is 43.2. The van der Waals surface area contributed by atoms with Gasteiger partial charge in [0.2, 0.25) is 0 Å². The third kappa shape index (κ3) is 1.97. The molecule has 106 valence electrons. The molecule has 4 rings (SSSR count). The van der Waals surface area contributed by atoms with Gasteiger partial charge in [-0.25, -0.2) is 0 Å². The van der Waals surface area contributed by atoms with E-state index >= 15 is 0 Å². The van der Waals surface area contributed by atoms with E-state index < -0.39 is 16.8 Å². The number of thiol groups is 1. The molecule has 0 spiro atoms. The molecule has 4 bridgehead atoms. The average Bonchev–Trinajstić information content (AvgIpc) is 2.34. The van der Waals surface area contributed by atoms with Crippen LogP contribution in [0.1, 0.15) is 38.5 Å². The lowest BCUT2D eigenvalue weighted by Crippen LogP contribution is -2.57. The van der Waals surface area contributed by atoms with Gasteiger partial charge in [-0.1, -0.05) is 0 Å². The molecule has 0 saturated heterocycles. The highest BCUT2D eigenvalue weighted by molar-refractivity contribution is 7.80. The van der Waals surface area contributed by atoms with E-state index in [1.54, 1.807) is 0 Å². The van der Waals surface area contributed by atoms with Crippen molar-refractivity contribution in [2.75, 3.05) is 12.4 Å². The van der Waals surface area contributed by atoms with Crippen LogP contribution in [0.25, 0.3) is 0 Å². The van der Waals surface area contributed by atoms with Gasteiger partial charge in [0.25, 0.3) is 0 Å². The van der Waals surface area contributed by atoms with Gasteiger partial charge in [-0.3, -0.25) is 9.59 Å². The number of hydrogen-bond acceptors (Lipinski definition) is 4. The topological polar surface area (TPSA) is 63.6 Å². The summed E-state index contributed by atoms with van der Waals surface area (Å²) in [5.74, 6) is 0.398. The van der Waals surface area contributed by atoms with E-state index in [2.05, 4.69) is 12.6 Å². The second kappa shape index (κ2) is 4.40. The van der Waals surface area contributed by atoms with Gasteiger partial charge in [-0.15, -0.1) is 0 Å². The van der Waals surface area contributed by atoms with Gasteiger partial charge in [0, 0.05) is 5.75 Å². The number of ether oxygens (including phenoxy) is 1. The van der Waals surface area contributed by atoms with E-state index in [0.29, 0.717) is 30.6 Å². The molecule has 0 aromatic heterocycles. The number of aliphatic carboxylic acids is 1. The lowest BCUT2D eigenvalue weighted by atomic mass is 9.44. The van der Waals surface area contributed by atoms with Crippen LogP contribution in [0.4, 0.5) is 0 Å². The van der Waals surface area contributed by atoms with Crippen LogP contribution in [0.3, 0.4) is 0 Å². The van der Waals surface area contributed by atoms with E-state index in [-0.39, 0.29) is 5.97 Å². The number of esters is 1. The maximum atomic E-state index is 12.4. The van der Waals surface area contributed by atoms with Crippen LogP contribution in [0.5, 0.6) is 0 Å². The van der Waals surface area contributed by atoms with Crippen molar-refractivity contribution in [2.45, 2.75) is 38.5 Å². The van der Waals surface area contributed by atoms with Crippen LogP contribution in [0.2, 0.25) is 0 Å². The smallest absolute Gasteiger partial charge is 0.312 e. The van der Waals surface area contributed by atoms with Crippen molar-refractivity contribution in [3.63, 3.8) is 0 Å². The molecule has 4 saturated carbocycles. The van der Waals surface area contributed by atoms with Gasteiger partial charge in [-0.05, 0) is 50.4 Å². The van der Waals surface area contributed by atoms with Crippen molar-refractivity contribution in [3.05, 3.63) is 0 Å². The standard InChI is InChI=1S/C14H20O4S/c15-11(16)13-4-9-3-10(5-13)7-14(6-9,8-13)12(17)18-1-2-19/h9-10,19H,1-8H2,(H,15,16). The molecule has 1 N–H and O–H groups in total. The second-order valence-corrected chi connectivity index (χ2v) is 7.13. The number of carboxylic acid groups (broad SMARTS) is 1. The van der Waals surface area contributed by atoms with Crippen LogP contribution in [0, 0.1) is 22.7 Å². The maximum absolute atomic E-state index is 12.4. The van der Waals surface area contributed by atoms with Crippen LogP contribution in [-0.4, -0.2) is 29.4 Å². The van der Waals surface area contributed by atoms with Crippen molar-refractivity contribution in [1.82, 2.24) is 0 Å². The maximum Gasteiger partial charge on any atom is 0.312 e. The van der Waals surface area contributed by atoms with Crippen molar-refractivity contribution >= 4 is 24.6 Å². The average molecular weight is 284 g/mol. The second-order valence-electron chi connectivity index (χ2n) is 6.69. The van der Waals surface area contributed by atoms with Gasteiger partial charge in [0.05, 0.1) is 10.8 Å². The molecule has 0 aromatic carbocycles. The molecule has 2 unspecified atom stereocenters. The van der Waals surface area contributed by atoms with Gasteiger partial charge in [-0.2, -0.15) is 12.6 Å². The van der Waals surface area contributed by atoms with Crippen LogP contribution >= 0.6 is 12.6 Å². The van der Waals surface area contributed by atoms with Gasteiger partial charge >= 0.3 is 11.9 Å². The third-order valence-electron chi connectivity index (χ3n) is 5.27. The Morgan fingerprint density at radius 2 is 1.74 bits per heavy atom. The monoisotopic (exact) mass is 284 g/mol. The Labute approximate surface area is 118 Å². The summed E-state index contributed by atoms with van der Waals surface area (Å²) in [6.45, 7) is 0.319. The fourth-order valence-corrected chi connectivity index (χ4v) is 5.13. The first kappa shape index (κ1) is 13.3. The molecule has 0 aromatic rings. The van der Waals surface area contributed by atoms with E-state index in [4.69, 9.17) is 4.74 Å². The highest BCUT2D eigenvalue weighted by Gasteiger charge is 2.63. The Hall–Kier alpha value is -0.710. The zero-order chi connectivity index (χ0) is 13.7. The summed E-state index contributed by atoms with van der Waals surface area (Å²) in [7, 11) is 0. The zero-order valence-corrected chi connectivity index (χ0v) is 11.8. The fraction of sp³-hybridized carbons (Fsp3) is 0.857. The molecule has 0 heterocycles. The fourth-order valence-electron chi connectivity index (χ4n) is 5.04. The Morgan fingerprint density at radius 3 is 2.26 bits per heavy atom. The van der Waals surface area contributed by atoms with Crippen LogP contribution in [0.15, 0.2) is 0 Å². The highest BCUT2D eigenvalue weighted by atomic mass is 32.1. The van der Waals surface area contributed by atoms with E-state index in [9.17, 15) is 14.7 Å². The Morgan fingerprint density at radius 1 is 1.16 bits per heavy atom. The predicted octanol–water partition coefficient (Wildman–Crippen LogP) is 2.13. The largest absolute Gasteiger partial charge is 0.481 e. The third-order valence-corrected chi connectivity index (χ3v) is 5.45. The molecule has 19 heavy (non-hydrogen) atoms. The van der Waals surface area contributed by atoms with Crippen molar-refractivity contribution in [1.29, 1.82) is 0 Å². The molecule has 4 nitrogen and oxygen atoms in total. The molecule has 0 aliphatic heterocycles. The van der Waals surface area contributed by atoms with E-state index in [1.165, 1.54) is 0 Å². The van der Waals surface area contributed by atoms with Gasteiger partial charge in [0.1, 0.15) is 6.61 Å². The predicted molar refractivity (Wildman–Crippen MR) is 72.0 cm³/mol. The Balaban J connectivity index is 1.87. The molecule has 0 amide bonds. The van der Waals surface area contributed by atoms with E-state index in [1.807, 2.05) is 0 Å². The quantitative estimate of drug-likeness (QED) is 0.613. The first-order valence-corrected chi connectivity index (χ1v) is 7.64. The molecule has 5 heteroatoms. The van der Waals surface area contributed by atoms with Crippen LogP contribution < -0.4 is 0 Å². The number of hydrogen-bond donors (Lipinski definition) is 2. The summed E-state index contributed by atoms with van der Waals surface area (Å²) >= 11 is 4.05. The lowest BCUT2D eigenvalue weighted by Gasteiger charge is -2.59. The van der Waals surface area contributed by atoms with Crippen molar-refractivity contribution in [3.8, 4) is 0 Å². The molecule has 2 atom stereocenters. The number of carbonyl (C=O) groups excluding carboxylic acids is 1. The summed E-state index contributed by atoms with van der Waals surface area (Å²) in [6.07, 6.45) is 4.72. The highest BCUT2D eigenvalue weighted by Crippen LogP contribution is 2.65. The molecule has 0 radical (unpaired) electrons.